The number of Topliss-reactive ketones (excluding diaryl/α,β-unsaturated/α-hetero) is 2. The molecule has 0 aromatic heterocycles. The first-order valence-electron chi connectivity index (χ1n) is 13.2. The number of rotatable bonds is 6. The Bertz CT molecular complexity index is 1040. The van der Waals surface area contributed by atoms with E-state index < -0.39 is 11.1 Å². The van der Waals surface area contributed by atoms with Crippen molar-refractivity contribution in [2.45, 2.75) is 46.2 Å². The van der Waals surface area contributed by atoms with E-state index in [4.69, 9.17) is 31.0 Å². The molecule has 2 saturated heterocycles. The minimum absolute atomic E-state index is 0. The monoisotopic (exact) mass is 671 g/mol. The third kappa shape index (κ3) is 20.3. The van der Waals surface area contributed by atoms with Gasteiger partial charge in [-0.25, -0.2) is 4.39 Å². The zero-order valence-corrected chi connectivity index (χ0v) is 32.4. The molecule has 237 valence electrons. The summed E-state index contributed by atoms with van der Waals surface area (Å²) in [6, 6.07) is 13.0. The summed E-state index contributed by atoms with van der Waals surface area (Å²) in [6.07, 6.45) is 0. The van der Waals surface area contributed by atoms with Gasteiger partial charge in [0.25, 0.3) is 6.47 Å². The van der Waals surface area contributed by atoms with Crippen LogP contribution in [-0.2, 0) is 19.2 Å². The number of benzene rings is 2. The normalized spacial score (nSPS) is 14.0. The second-order valence-electron chi connectivity index (χ2n) is 10.3. The van der Waals surface area contributed by atoms with Gasteiger partial charge < -0.3 is 41.3 Å². The molecule has 0 saturated carbocycles. The molecule has 0 aliphatic carbocycles. The quantitative estimate of drug-likeness (QED) is 0.107. The fourth-order valence-electron chi connectivity index (χ4n) is 3.51. The van der Waals surface area contributed by atoms with Crippen molar-refractivity contribution in [1.82, 2.24) is 5.32 Å². The molecule has 0 bridgehead atoms. The smallest absolute Gasteiger partial charge is 0.662 e. The summed E-state index contributed by atoms with van der Waals surface area (Å²) in [6.45, 7) is 13.7. The Hall–Kier alpha value is 0.0127. The number of nitrogens with zero attached hydrogens (tertiary/aromatic N) is 1. The first-order valence-corrected chi connectivity index (χ1v) is 13.2. The standard InChI is InChI=1S/C14H20N2O2.C10H12FNO.C4H9NO.CH2O3.CH4.2K/c1-14(2,15)13(17)11-3-5-12(6-4-11)16-7-9-18-10-8-16;1-10(2,12)9(13)7-3-5-8(11)6-4-7;1-3-6-4-2-5-1;2-1-4-3;;;/h3-6H,7-10,15H2,1-2H3;3-6H,12H2,1-2H3;5H,1-4H2;1,3H;1H4;;/q;;;;;;+1/p-1. The molecule has 2 fully saturated rings. The van der Waals surface area contributed by atoms with Gasteiger partial charge in [0.05, 0.1) is 37.5 Å². The molecule has 2 aliphatic heterocycles. The van der Waals surface area contributed by atoms with Crippen LogP contribution in [0.25, 0.3) is 0 Å². The van der Waals surface area contributed by atoms with Gasteiger partial charge >= 0.3 is 51.4 Å². The van der Waals surface area contributed by atoms with Crippen molar-refractivity contribution >= 4 is 75.1 Å². The molecule has 14 heteroatoms. The molecule has 0 amide bonds. The minimum atomic E-state index is -0.905. The van der Waals surface area contributed by atoms with Crippen LogP contribution in [0.2, 0.25) is 0 Å². The van der Waals surface area contributed by atoms with Crippen molar-refractivity contribution in [2.75, 3.05) is 57.5 Å². The van der Waals surface area contributed by atoms with Crippen LogP contribution in [0.4, 0.5) is 10.1 Å². The van der Waals surface area contributed by atoms with Crippen LogP contribution in [0.3, 0.4) is 0 Å². The Balaban J connectivity index is -0.000000567. The first kappa shape index (κ1) is 48.4. The molecule has 2 aromatic rings. The van der Waals surface area contributed by atoms with Crippen LogP contribution in [-0.4, -0.2) is 133 Å². The number of hydrogen-bond donors (Lipinski definition) is 3. The van der Waals surface area contributed by atoms with E-state index in [1.165, 1.54) is 24.3 Å². The summed E-state index contributed by atoms with van der Waals surface area (Å²) in [5.41, 5.74) is 11.9. The number of halogens is 1. The van der Waals surface area contributed by atoms with Crippen molar-refractivity contribution in [3.05, 3.63) is 65.5 Å². The molecule has 2 heterocycles. The summed E-state index contributed by atoms with van der Waals surface area (Å²) < 4.78 is 22.8. The van der Waals surface area contributed by atoms with Gasteiger partial charge in [-0.15, -0.1) is 0 Å². The molecule has 2 aliphatic rings. The summed E-state index contributed by atoms with van der Waals surface area (Å²) in [5, 5.41) is 11.6. The number of carbonyl (C=O) groups is 3. The van der Waals surface area contributed by atoms with E-state index >= 15 is 0 Å². The number of nitrogens with two attached hydrogens (primary N) is 2. The number of carbonyl (C=O) groups excluding carboxylic acids is 3. The number of ether oxygens (including phenoxy) is 2. The van der Waals surface area contributed by atoms with Gasteiger partial charge in [0.1, 0.15) is 5.82 Å². The fraction of sp³-hybridized carbons (Fsp3) is 0.500. The zero-order chi connectivity index (χ0) is 30.9. The molecule has 0 unspecified atom stereocenters. The predicted octanol–water partition coefficient (Wildman–Crippen LogP) is -1.51. The number of anilines is 1. The van der Waals surface area contributed by atoms with E-state index in [-0.39, 0.29) is 134 Å². The van der Waals surface area contributed by atoms with Crippen LogP contribution in [0.1, 0.15) is 55.8 Å². The van der Waals surface area contributed by atoms with E-state index in [1.807, 2.05) is 24.3 Å². The fourth-order valence-corrected chi connectivity index (χ4v) is 3.51. The Morgan fingerprint density at radius 2 is 1.23 bits per heavy atom. The third-order valence-corrected chi connectivity index (χ3v) is 5.67. The van der Waals surface area contributed by atoms with E-state index in [2.05, 4.69) is 15.1 Å². The molecule has 5 N–H and O–H groups in total. The van der Waals surface area contributed by atoms with Gasteiger partial charge in [0.2, 0.25) is 0 Å². The van der Waals surface area contributed by atoms with Crippen molar-refractivity contribution in [3.63, 3.8) is 0 Å². The summed E-state index contributed by atoms with van der Waals surface area (Å²) in [7, 11) is 0. The Morgan fingerprint density at radius 3 is 1.52 bits per heavy atom. The number of nitrogens with one attached hydrogen (secondary N) is 1. The molecule has 1 radical (unpaired) electrons. The van der Waals surface area contributed by atoms with Gasteiger partial charge in [0.15, 0.2) is 11.6 Å². The molecule has 4 rings (SSSR count). The molecular formula is C30H46FK2N4O7. The SMILES string of the molecule is C.C1COCCN1.CC(C)(N)C(=O)c1ccc(F)cc1.CC(C)(N)C(=O)c1ccc(N2CCOCC2)cc1.O=CO[O-].[K+].[K]. The number of hydrogen-bond acceptors (Lipinski definition) is 11. The van der Waals surface area contributed by atoms with E-state index in [1.54, 1.807) is 27.7 Å². The third-order valence-electron chi connectivity index (χ3n) is 5.67. The van der Waals surface area contributed by atoms with E-state index in [0.717, 1.165) is 58.3 Å². The molecule has 44 heavy (non-hydrogen) atoms. The molecule has 0 spiro atoms. The van der Waals surface area contributed by atoms with Gasteiger partial charge in [-0.1, -0.05) is 7.43 Å². The van der Waals surface area contributed by atoms with Crippen LogP contribution in [0.15, 0.2) is 48.5 Å². The van der Waals surface area contributed by atoms with Gasteiger partial charge in [-0.05, 0) is 76.2 Å². The Labute approximate surface area is 346 Å². The maximum absolute atomic E-state index is 12.5. The summed E-state index contributed by atoms with van der Waals surface area (Å²) in [4.78, 5) is 37.0. The predicted molar refractivity (Wildman–Crippen MR) is 164 cm³/mol. The van der Waals surface area contributed by atoms with Crippen molar-refractivity contribution in [3.8, 4) is 0 Å². The summed E-state index contributed by atoms with van der Waals surface area (Å²) >= 11 is 0. The largest absolute Gasteiger partial charge is 1.00 e. The number of morpholine rings is 2. The van der Waals surface area contributed by atoms with Gasteiger partial charge in [0, 0.05) is 94.4 Å². The first-order chi connectivity index (χ1) is 19.3. The number of ketones is 2. The Kier molecular flexibility index (Phi) is 28.6. The van der Waals surface area contributed by atoms with Crippen molar-refractivity contribution < 1.29 is 89.8 Å². The maximum Gasteiger partial charge on any atom is 1.00 e. The average Bonchev–Trinajstić information content (AvgIpc) is 2.98. The topological polar surface area (TPSA) is 169 Å². The summed E-state index contributed by atoms with van der Waals surface area (Å²) in [5.74, 6) is -0.574. The molecule has 0 atom stereocenters. The second kappa shape index (κ2) is 26.0. The minimum Gasteiger partial charge on any atom is -0.662 e. The maximum atomic E-state index is 12.5. The Morgan fingerprint density at radius 1 is 0.864 bits per heavy atom. The van der Waals surface area contributed by atoms with Crippen LogP contribution < -0.4 is 78.3 Å². The molecule has 2 aromatic carbocycles. The average molecular weight is 672 g/mol. The van der Waals surface area contributed by atoms with Gasteiger partial charge in [-0.2, -0.15) is 0 Å². The van der Waals surface area contributed by atoms with E-state index in [9.17, 15) is 14.0 Å². The van der Waals surface area contributed by atoms with Crippen LogP contribution in [0.5, 0.6) is 0 Å². The molecular weight excluding hydrogens is 626 g/mol. The van der Waals surface area contributed by atoms with E-state index in [0.29, 0.717) is 11.1 Å². The van der Waals surface area contributed by atoms with Crippen LogP contribution in [0, 0.1) is 5.82 Å². The van der Waals surface area contributed by atoms with Gasteiger partial charge in [-0.3, -0.25) is 14.4 Å². The zero-order valence-electron chi connectivity index (χ0n) is 26.2. The van der Waals surface area contributed by atoms with Crippen LogP contribution >= 0.6 is 0 Å². The molecule has 11 nitrogen and oxygen atoms in total. The van der Waals surface area contributed by atoms with Crippen molar-refractivity contribution in [1.29, 1.82) is 0 Å². The second-order valence-corrected chi connectivity index (χ2v) is 10.3. The van der Waals surface area contributed by atoms with Crippen molar-refractivity contribution in [2.24, 2.45) is 11.5 Å².